The predicted molar refractivity (Wildman–Crippen MR) is 97.3 cm³/mol. The van der Waals surface area contributed by atoms with E-state index in [1.54, 1.807) is 0 Å². The molecule has 2 heterocycles. The second-order valence-corrected chi connectivity index (χ2v) is 6.28. The van der Waals surface area contributed by atoms with Crippen LogP contribution in [0.2, 0.25) is 0 Å². The molecular weight excluding hydrogens is 316 g/mol. The number of nitrogens with zero attached hydrogens (tertiary/aromatic N) is 3. The molecule has 25 heavy (non-hydrogen) atoms. The van der Waals surface area contributed by atoms with Crippen LogP contribution in [0.15, 0.2) is 52.0 Å². The summed E-state index contributed by atoms with van der Waals surface area (Å²) in [6.07, 6.45) is 1.52. The van der Waals surface area contributed by atoms with Crippen molar-refractivity contribution in [2.24, 2.45) is 5.10 Å². The molecular formula is C19H24N4O2. The minimum absolute atomic E-state index is 0.101. The summed E-state index contributed by atoms with van der Waals surface area (Å²) in [4.78, 5) is 16.5. The van der Waals surface area contributed by atoms with Crippen molar-refractivity contribution in [3.05, 3.63) is 59.5 Å². The van der Waals surface area contributed by atoms with Crippen LogP contribution in [0.25, 0.3) is 0 Å². The number of aryl methyl sites for hydroxylation is 1. The second-order valence-electron chi connectivity index (χ2n) is 6.28. The molecule has 0 spiro atoms. The molecule has 1 aromatic heterocycles. The van der Waals surface area contributed by atoms with Crippen LogP contribution in [0.4, 0.5) is 0 Å². The van der Waals surface area contributed by atoms with Gasteiger partial charge in [0.1, 0.15) is 11.5 Å². The minimum atomic E-state index is -0.101. The first kappa shape index (κ1) is 17.4. The molecule has 1 amide bonds. The lowest BCUT2D eigenvalue weighted by Crippen LogP contribution is -2.48. The molecule has 1 aliphatic rings. The number of nitrogens with one attached hydrogen (secondary N) is 1. The van der Waals surface area contributed by atoms with E-state index in [4.69, 9.17) is 4.42 Å². The number of piperazine rings is 1. The van der Waals surface area contributed by atoms with Crippen LogP contribution < -0.4 is 5.43 Å². The van der Waals surface area contributed by atoms with E-state index in [-0.39, 0.29) is 5.91 Å². The van der Waals surface area contributed by atoms with Crippen molar-refractivity contribution in [1.82, 2.24) is 15.2 Å². The average Bonchev–Trinajstić information content (AvgIpc) is 3.03. The summed E-state index contributed by atoms with van der Waals surface area (Å²) in [7, 11) is 0. The standard InChI is InChI=1S/C19H24N4O2/c1-16-7-8-18(25-16)13-20-21-19(24)15-23-11-9-22(10-12-23)14-17-5-3-2-4-6-17/h2-8,13H,9-12,14-15H2,1H3,(H,21,24)/b20-13+. The first-order valence-corrected chi connectivity index (χ1v) is 8.56. The molecule has 1 aromatic carbocycles. The van der Waals surface area contributed by atoms with Gasteiger partial charge in [-0.05, 0) is 24.6 Å². The fraction of sp³-hybridized carbons (Fsp3) is 0.368. The highest BCUT2D eigenvalue weighted by atomic mass is 16.3. The molecule has 1 fully saturated rings. The molecule has 0 unspecified atom stereocenters. The lowest BCUT2D eigenvalue weighted by Gasteiger charge is -2.34. The van der Waals surface area contributed by atoms with Gasteiger partial charge in [-0.2, -0.15) is 5.10 Å². The molecule has 1 N–H and O–H groups in total. The van der Waals surface area contributed by atoms with Gasteiger partial charge < -0.3 is 4.42 Å². The fourth-order valence-electron chi connectivity index (χ4n) is 2.88. The Kier molecular flexibility index (Phi) is 5.98. The van der Waals surface area contributed by atoms with E-state index in [1.165, 1.54) is 11.8 Å². The molecule has 2 aromatic rings. The number of rotatable bonds is 6. The summed E-state index contributed by atoms with van der Waals surface area (Å²) >= 11 is 0. The second kappa shape index (κ2) is 8.60. The average molecular weight is 340 g/mol. The Hall–Kier alpha value is -2.44. The zero-order valence-electron chi connectivity index (χ0n) is 14.5. The Balaban J connectivity index is 1.37. The Morgan fingerprint density at radius 1 is 1.12 bits per heavy atom. The summed E-state index contributed by atoms with van der Waals surface area (Å²) in [6.45, 7) is 6.92. The molecule has 132 valence electrons. The van der Waals surface area contributed by atoms with Gasteiger partial charge in [0.2, 0.25) is 0 Å². The predicted octanol–water partition coefficient (Wildman–Crippen LogP) is 1.86. The van der Waals surface area contributed by atoms with Crippen molar-refractivity contribution >= 4 is 12.1 Å². The smallest absolute Gasteiger partial charge is 0.254 e. The lowest BCUT2D eigenvalue weighted by molar-refractivity contribution is -0.122. The molecule has 6 heteroatoms. The third-order valence-electron chi connectivity index (χ3n) is 4.22. The molecule has 0 saturated carbocycles. The summed E-state index contributed by atoms with van der Waals surface area (Å²) in [6, 6.07) is 14.2. The van der Waals surface area contributed by atoms with Crippen LogP contribution in [0.3, 0.4) is 0 Å². The molecule has 1 aliphatic heterocycles. The van der Waals surface area contributed by atoms with Gasteiger partial charge in [0.05, 0.1) is 12.8 Å². The summed E-state index contributed by atoms with van der Waals surface area (Å²) in [5.74, 6) is 1.35. The number of amides is 1. The van der Waals surface area contributed by atoms with Gasteiger partial charge in [-0.1, -0.05) is 30.3 Å². The van der Waals surface area contributed by atoms with E-state index in [0.29, 0.717) is 12.3 Å². The van der Waals surface area contributed by atoms with Gasteiger partial charge in [0, 0.05) is 32.7 Å². The maximum absolute atomic E-state index is 12.0. The zero-order valence-corrected chi connectivity index (χ0v) is 14.5. The molecule has 1 saturated heterocycles. The molecule has 0 aliphatic carbocycles. The zero-order chi connectivity index (χ0) is 17.5. The van der Waals surface area contributed by atoms with Crippen molar-refractivity contribution in [2.45, 2.75) is 13.5 Å². The van der Waals surface area contributed by atoms with E-state index in [9.17, 15) is 4.79 Å². The third-order valence-corrected chi connectivity index (χ3v) is 4.22. The lowest BCUT2D eigenvalue weighted by atomic mass is 10.2. The van der Waals surface area contributed by atoms with Crippen molar-refractivity contribution in [3.63, 3.8) is 0 Å². The number of benzene rings is 1. The van der Waals surface area contributed by atoms with Gasteiger partial charge in [-0.3, -0.25) is 14.6 Å². The third kappa shape index (κ3) is 5.55. The molecule has 0 radical (unpaired) electrons. The number of hydrogen-bond acceptors (Lipinski definition) is 5. The topological polar surface area (TPSA) is 61.1 Å². The van der Waals surface area contributed by atoms with E-state index in [2.05, 4.69) is 44.6 Å². The van der Waals surface area contributed by atoms with E-state index in [0.717, 1.165) is 38.5 Å². The number of furan rings is 1. The summed E-state index contributed by atoms with van der Waals surface area (Å²) in [5.41, 5.74) is 3.88. The molecule has 3 rings (SSSR count). The highest BCUT2D eigenvalue weighted by Crippen LogP contribution is 2.08. The van der Waals surface area contributed by atoms with Gasteiger partial charge in [0.25, 0.3) is 5.91 Å². The SMILES string of the molecule is Cc1ccc(/C=N/NC(=O)CN2CCN(Cc3ccccc3)CC2)o1. The normalized spacial score (nSPS) is 16.4. The number of hydrogen-bond donors (Lipinski definition) is 1. The highest BCUT2D eigenvalue weighted by molar-refractivity contribution is 5.81. The Labute approximate surface area is 148 Å². The summed E-state index contributed by atoms with van der Waals surface area (Å²) in [5, 5.41) is 3.94. The first-order chi connectivity index (χ1) is 12.2. The van der Waals surface area contributed by atoms with Gasteiger partial charge in [-0.15, -0.1) is 0 Å². The number of carbonyl (C=O) groups excluding carboxylic acids is 1. The van der Waals surface area contributed by atoms with Crippen molar-refractivity contribution < 1.29 is 9.21 Å². The first-order valence-electron chi connectivity index (χ1n) is 8.56. The van der Waals surface area contributed by atoms with Crippen LogP contribution in [0.5, 0.6) is 0 Å². The van der Waals surface area contributed by atoms with E-state index in [1.807, 2.05) is 25.1 Å². The maximum atomic E-state index is 12.0. The van der Waals surface area contributed by atoms with Crippen molar-refractivity contribution in [2.75, 3.05) is 32.7 Å². The van der Waals surface area contributed by atoms with Crippen LogP contribution >= 0.6 is 0 Å². The van der Waals surface area contributed by atoms with E-state index < -0.39 is 0 Å². The molecule has 0 bridgehead atoms. The fourth-order valence-corrected chi connectivity index (χ4v) is 2.88. The molecule has 0 atom stereocenters. The van der Waals surface area contributed by atoms with Crippen LogP contribution in [-0.2, 0) is 11.3 Å². The largest absolute Gasteiger partial charge is 0.460 e. The monoisotopic (exact) mass is 340 g/mol. The van der Waals surface area contributed by atoms with Crippen LogP contribution in [-0.4, -0.2) is 54.6 Å². The van der Waals surface area contributed by atoms with Gasteiger partial charge in [0.15, 0.2) is 0 Å². The Bertz CT molecular complexity index is 703. The quantitative estimate of drug-likeness (QED) is 0.644. The Morgan fingerprint density at radius 3 is 2.52 bits per heavy atom. The van der Waals surface area contributed by atoms with Crippen LogP contribution in [0, 0.1) is 6.92 Å². The van der Waals surface area contributed by atoms with Gasteiger partial charge >= 0.3 is 0 Å². The number of hydrazone groups is 1. The van der Waals surface area contributed by atoms with Crippen LogP contribution in [0.1, 0.15) is 17.1 Å². The highest BCUT2D eigenvalue weighted by Gasteiger charge is 2.18. The number of carbonyl (C=O) groups is 1. The Morgan fingerprint density at radius 2 is 1.84 bits per heavy atom. The van der Waals surface area contributed by atoms with Crippen molar-refractivity contribution in [3.8, 4) is 0 Å². The maximum Gasteiger partial charge on any atom is 0.254 e. The molecule has 6 nitrogen and oxygen atoms in total. The minimum Gasteiger partial charge on any atom is -0.460 e. The van der Waals surface area contributed by atoms with Crippen molar-refractivity contribution in [1.29, 1.82) is 0 Å². The summed E-state index contributed by atoms with van der Waals surface area (Å²) < 4.78 is 5.36. The van der Waals surface area contributed by atoms with Gasteiger partial charge in [-0.25, -0.2) is 5.43 Å². The van der Waals surface area contributed by atoms with E-state index >= 15 is 0 Å².